The topological polar surface area (TPSA) is 60.5 Å². The van der Waals surface area contributed by atoms with E-state index in [4.69, 9.17) is 18.9 Å². The SMILES string of the molecule is COCOC[C@H](OCc1ccccc1)[C@@H]1[C@@H]2CC[C@H](CN1Cc1ccccc1)N2C(=O)OC(C)(C)C. The molecule has 2 heterocycles. The van der Waals surface area contributed by atoms with Crippen LogP contribution in [0.1, 0.15) is 44.7 Å². The van der Waals surface area contributed by atoms with Crippen LogP contribution >= 0.6 is 0 Å². The van der Waals surface area contributed by atoms with Crippen LogP contribution < -0.4 is 0 Å². The molecule has 4 rings (SSSR count). The van der Waals surface area contributed by atoms with E-state index in [0.717, 1.165) is 31.5 Å². The number of hydrogen-bond donors (Lipinski definition) is 0. The van der Waals surface area contributed by atoms with Crippen molar-refractivity contribution in [3.05, 3.63) is 71.8 Å². The van der Waals surface area contributed by atoms with Gasteiger partial charge in [-0.3, -0.25) is 9.80 Å². The van der Waals surface area contributed by atoms with Crippen LogP contribution in [-0.4, -0.2) is 72.8 Å². The zero-order chi connectivity index (χ0) is 25.5. The number of carbonyl (C=O) groups excluding carboxylic acids is 1. The Morgan fingerprint density at radius 1 is 1.00 bits per heavy atom. The van der Waals surface area contributed by atoms with E-state index in [1.165, 1.54) is 5.56 Å². The summed E-state index contributed by atoms with van der Waals surface area (Å²) in [5.74, 6) is 0. The molecule has 2 aliphatic rings. The lowest BCUT2D eigenvalue weighted by atomic mass is 9.96. The first kappa shape index (κ1) is 26.6. The van der Waals surface area contributed by atoms with Crippen LogP contribution in [0.25, 0.3) is 0 Å². The normalized spacial score (nSPS) is 23.0. The number of rotatable bonds is 10. The van der Waals surface area contributed by atoms with Crippen LogP contribution in [0, 0.1) is 0 Å². The van der Waals surface area contributed by atoms with E-state index in [0.29, 0.717) is 13.2 Å². The maximum absolute atomic E-state index is 13.3. The Labute approximate surface area is 215 Å². The highest BCUT2D eigenvalue weighted by Crippen LogP contribution is 2.38. The Morgan fingerprint density at radius 3 is 2.31 bits per heavy atom. The summed E-state index contributed by atoms with van der Waals surface area (Å²) in [6, 6.07) is 20.7. The number of nitrogens with zero attached hydrogens (tertiary/aromatic N) is 2. The monoisotopic (exact) mass is 496 g/mol. The van der Waals surface area contributed by atoms with Gasteiger partial charge >= 0.3 is 6.09 Å². The van der Waals surface area contributed by atoms with Crippen molar-refractivity contribution in [2.45, 2.75) is 76.6 Å². The number of fused-ring (bicyclic) bond motifs is 2. The molecule has 36 heavy (non-hydrogen) atoms. The standard InChI is InChI=1S/C29H40N2O5/c1-29(2,3)36-28(32)31-24-15-16-25(31)27(30(18-24)17-22-11-7-5-8-12-22)26(20-34-21-33-4)35-19-23-13-9-6-10-14-23/h5-14,24-27H,15-21H2,1-4H3/t24-,25+,26+,27+/m1/s1. The molecule has 7 nitrogen and oxygen atoms in total. The third kappa shape index (κ3) is 6.85. The van der Waals surface area contributed by atoms with E-state index in [-0.39, 0.29) is 37.1 Å². The average Bonchev–Trinajstić information content (AvgIpc) is 3.17. The maximum Gasteiger partial charge on any atom is 0.410 e. The van der Waals surface area contributed by atoms with Gasteiger partial charge in [-0.2, -0.15) is 0 Å². The zero-order valence-corrected chi connectivity index (χ0v) is 22.0. The average molecular weight is 497 g/mol. The fraction of sp³-hybridized carbons (Fsp3) is 0.552. The van der Waals surface area contributed by atoms with E-state index in [9.17, 15) is 4.79 Å². The Morgan fingerprint density at radius 2 is 1.67 bits per heavy atom. The highest BCUT2D eigenvalue weighted by molar-refractivity contribution is 5.70. The van der Waals surface area contributed by atoms with E-state index in [1.807, 2.05) is 49.9 Å². The number of hydrogen-bond acceptors (Lipinski definition) is 6. The second-order valence-electron chi connectivity index (χ2n) is 10.7. The summed E-state index contributed by atoms with van der Waals surface area (Å²) in [5.41, 5.74) is 1.80. The molecule has 196 valence electrons. The molecule has 0 spiro atoms. The quantitative estimate of drug-likeness (QED) is 0.346. The molecule has 2 bridgehead atoms. The van der Waals surface area contributed by atoms with Crippen LogP contribution in [0.4, 0.5) is 4.79 Å². The van der Waals surface area contributed by atoms with Gasteiger partial charge < -0.3 is 18.9 Å². The van der Waals surface area contributed by atoms with E-state index in [1.54, 1.807) is 7.11 Å². The molecule has 2 aliphatic heterocycles. The number of benzene rings is 2. The van der Waals surface area contributed by atoms with Gasteiger partial charge in [0.1, 0.15) is 12.4 Å². The largest absolute Gasteiger partial charge is 0.444 e. The molecule has 0 N–H and O–H groups in total. The third-order valence-electron chi connectivity index (χ3n) is 6.81. The van der Waals surface area contributed by atoms with Gasteiger partial charge in [0.2, 0.25) is 0 Å². The Hall–Kier alpha value is -2.45. The minimum atomic E-state index is -0.544. The van der Waals surface area contributed by atoms with Crippen LogP contribution in [0.3, 0.4) is 0 Å². The van der Waals surface area contributed by atoms with Crippen molar-refractivity contribution < 1.29 is 23.7 Å². The first-order chi connectivity index (χ1) is 17.4. The van der Waals surface area contributed by atoms with Crippen molar-refractivity contribution in [1.29, 1.82) is 0 Å². The first-order valence-corrected chi connectivity index (χ1v) is 12.9. The van der Waals surface area contributed by atoms with Gasteiger partial charge in [-0.1, -0.05) is 60.7 Å². The lowest BCUT2D eigenvalue weighted by Crippen LogP contribution is -2.65. The smallest absolute Gasteiger partial charge is 0.410 e. The number of piperazine rings is 1. The van der Waals surface area contributed by atoms with Gasteiger partial charge in [0.25, 0.3) is 0 Å². The molecule has 0 saturated carbocycles. The number of carbonyl (C=O) groups is 1. The van der Waals surface area contributed by atoms with E-state index < -0.39 is 5.60 Å². The van der Waals surface area contributed by atoms with Crippen molar-refractivity contribution in [2.24, 2.45) is 0 Å². The van der Waals surface area contributed by atoms with Gasteiger partial charge in [-0.15, -0.1) is 0 Å². The fourth-order valence-electron chi connectivity index (χ4n) is 5.40. The summed E-state index contributed by atoms with van der Waals surface area (Å²) in [6.07, 6.45) is 1.38. The molecule has 2 saturated heterocycles. The molecule has 2 aromatic rings. The van der Waals surface area contributed by atoms with Crippen molar-refractivity contribution in [3.63, 3.8) is 0 Å². The summed E-state index contributed by atoms with van der Waals surface area (Å²) in [4.78, 5) is 17.8. The Kier molecular flexibility index (Phi) is 9.01. The Bertz CT molecular complexity index is 949. The summed E-state index contributed by atoms with van der Waals surface area (Å²) in [6.45, 7) is 8.35. The van der Waals surface area contributed by atoms with Crippen molar-refractivity contribution in [2.75, 3.05) is 27.1 Å². The number of ether oxygens (including phenoxy) is 4. The van der Waals surface area contributed by atoms with Gasteiger partial charge in [-0.25, -0.2) is 4.79 Å². The molecular weight excluding hydrogens is 456 g/mol. The van der Waals surface area contributed by atoms with Crippen LogP contribution in [0.2, 0.25) is 0 Å². The van der Waals surface area contributed by atoms with Gasteiger partial charge in [0, 0.05) is 26.2 Å². The van der Waals surface area contributed by atoms with E-state index in [2.05, 4.69) is 41.3 Å². The van der Waals surface area contributed by atoms with Gasteiger partial charge in [0.05, 0.1) is 31.4 Å². The molecule has 0 aliphatic carbocycles. The lowest BCUT2D eigenvalue weighted by molar-refractivity contribution is -0.129. The molecule has 2 fully saturated rings. The van der Waals surface area contributed by atoms with Crippen LogP contribution in [0.5, 0.6) is 0 Å². The van der Waals surface area contributed by atoms with Crippen LogP contribution in [0.15, 0.2) is 60.7 Å². The van der Waals surface area contributed by atoms with E-state index >= 15 is 0 Å². The highest BCUT2D eigenvalue weighted by Gasteiger charge is 2.52. The third-order valence-corrected chi connectivity index (χ3v) is 6.81. The maximum atomic E-state index is 13.3. The minimum Gasteiger partial charge on any atom is -0.444 e. The van der Waals surface area contributed by atoms with Crippen LogP contribution in [-0.2, 0) is 32.1 Å². The second-order valence-corrected chi connectivity index (χ2v) is 10.7. The fourth-order valence-corrected chi connectivity index (χ4v) is 5.40. The summed E-state index contributed by atoms with van der Waals surface area (Å²) in [7, 11) is 1.62. The molecule has 0 unspecified atom stereocenters. The number of amides is 1. The summed E-state index contributed by atoms with van der Waals surface area (Å²) >= 11 is 0. The molecule has 4 atom stereocenters. The molecule has 7 heteroatoms. The summed E-state index contributed by atoms with van der Waals surface area (Å²) < 4.78 is 23.4. The highest BCUT2D eigenvalue weighted by atomic mass is 16.7. The van der Waals surface area contributed by atoms with Crippen molar-refractivity contribution in [3.8, 4) is 0 Å². The zero-order valence-electron chi connectivity index (χ0n) is 22.0. The predicted molar refractivity (Wildman–Crippen MR) is 138 cm³/mol. The Balaban J connectivity index is 1.61. The molecule has 2 aromatic carbocycles. The molecule has 0 aromatic heterocycles. The van der Waals surface area contributed by atoms with Gasteiger partial charge in [-0.05, 0) is 44.7 Å². The van der Waals surface area contributed by atoms with Crippen molar-refractivity contribution >= 4 is 6.09 Å². The number of methoxy groups -OCH3 is 1. The molecular formula is C29H40N2O5. The second kappa shape index (κ2) is 12.2. The first-order valence-electron chi connectivity index (χ1n) is 12.9. The van der Waals surface area contributed by atoms with Crippen molar-refractivity contribution in [1.82, 2.24) is 9.80 Å². The molecule has 0 radical (unpaired) electrons. The predicted octanol–water partition coefficient (Wildman–Crippen LogP) is 4.84. The van der Waals surface area contributed by atoms with Gasteiger partial charge in [0.15, 0.2) is 0 Å². The summed E-state index contributed by atoms with van der Waals surface area (Å²) in [5, 5.41) is 0. The molecule has 1 amide bonds. The minimum absolute atomic E-state index is 0.0192. The number of likely N-dealkylation sites (tertiary alicyclic amines) is 1. The lowest BCUT2D eigenvalue weighted by Gasteiger charge is -2.49.